The Morgan fingerprint density at radius 2 is 1.39 bits per heavy atom. The fourth-order valence-electron chi connectivity index (χ4n) is 2.43. The smallest absolute Gasteiger partial charge is 0.488 e. The van der Waals surface area contributed by atoms with Crippen molar-refractivity contribution in [2.24, 2.45) is 0 Å². The van der Waals surface area contributed by atoms with E-state index in [4.69, 9.17) is 10.0 Å². The lowest BCUT2D eigenvalue weighted by Gasteiger charge is -2.04. The molecule has 23 heavy (non-hydrogen) atoms. The van der Waals surface area contributed by atoms with Crippen LogP contribution in [-0.2, 0) is 0 Å². The van der Waals surface area contributed by atoms with E-state index in [1.54, 1.807) is 36.4 Å². The van der Waals surface area contributed by atoms with E-state index in [-0.39, 0.29) is 11.5 Å². The van der Waals surface area contributed by atoms with Crippen molar-refractivity contribution in [1.82, 2.24) is 0 Å². The summed E-state index contributed by atoms with van der Waals surface area (Å²) in [5, 5.41) is 38.9. The van der Waals surface area contributed by atoms with Crippen LogP contribution in [0, 0.1) is 0 Å². The molecular formula is C18H15BO4. The standard InChI is InChI=1S/C18H15BO4/c20-16-10-14-9-13(5-8-17(14)18(21)11-16)2-1-12-3-6-15(7-4-12)19(22)23/h1-11,20-23H/b2-1+. The molecule has 0 spiro atoms. The molecular weight excluding hydrogens is 291 g/mol. The molecule has 0 bridgehead atoms. The van der Waals surface area contributed by atoms with Crippen LogP contribution in [0.15, 0.2) is 54.6 Å². The minimum atomic E-state index is -1.46. The van der Waals surface area contributed by atoms with E-state index < -0.39 is 7.12 Å². The third kappa shape index (κ3) is 3.36. The third-order valence-corrected chi connectivity index (χ3v) is 3.64. The molecule has 114 valence electrons. The molecule has 0 fully saturated rings. The SMILES string of the molecule is OB(O)c1ccc(/C=C/c2ccc3c(O)cc(O)cc3c2)cc1. The topological polar surface area (TPSA) is 80.9 Å². The van der Waals surface area contributed by atoms with E-state index in [0.29, 0.717) is 10.8 Å². The first-order chi connectivity index (χ1) is 11.0. The van der Waals surface area contributed by atoms with Crippen LogP contribution in [-0.4, -0.2) is 27.4 Å². The van der Waals surface area contributed by atoms with Gasteiger partial charge in [-0.1, -0.05) is 48.6 Å². The highest BCUT2D eigenvalue weighted by Gasteiger charge is 2.09. The Labute approximate surface area is 133 Å². The maximum Gasteiger partial charge on any atom is 0.488 e. The van der Waals surface area contributed by atoms with E-state index in [1.807, 2.05) is 24.3 Å². The van der Waals surface area contributed by atoms with Crippen molar-refractivity contribution in [3.8, 4) is 11.5 Å². The summed E-state index contributed by atoms with van der Waals surface area (Å²) in [5.74, 6) is 0.0722. The largest absolute Gasteiger partial charge is 0.508 e. The van der Waals surface area contributed by atoms with Gasteiger partial charge in [-0.2, -0.15) is 0 Å². The Hall–Kier alpha value is -2.76. The summed E-state index contributed by atoms with van der Waals surface area (Å²) in [6, 6.07) is 15.4. The Kier molecular flexibility index (Phi) is 4.06. The lowest BCUT2D eigenvalue weighted by atomic mass is 9.80. The first-order valence-electron chi connectivity index (χ1n) is 7.13. The minimum absolute atomic E-state index is 0.0225. The van der Waals surface area contributed by atoms with Gasteiger partial charge in [0.2, 0.25) is 0 Å². The van der Waals surface area contributed by atoms with Crippen molar-refractivity contribution in [1.29, 1.82) is 0 Å². The average Bonchev–Trinajstić information content (AvgIpc) is 2.52. The van der Waals surface area contributed by atoms with Crippen molar-refractivity contribution in [2.75, 3.05) is 0 Å². The van der Waals surface area contributed by atoms with Gasteiger partial charge in [0, 0.05) is 11.5 Å². The molecule has 3 aromatic rings. The molecule has 3 rings (SSSR count). The van der Waals surface area contributed by atoms with Gasteiger partial charge in [-0.15, -0.1) is 0 Å². The highest BCUT2D eigenvalue weighted by atomic mass is 16.4. The Morgan fingerprint density at radius 1 is 0.739 bits per heavy atom. The van der Waals surface area contributed by atoms with E-state index in [1.165, 1.54) is 6.07 Å². The molecule has 4 nitrogen and oxygen atoms in total. The predicted molar refractivity (Wildman–Crippen MR) is 92.5 cm³/mol. The molecule has 0 aliphatic carbocycles. The summed E-state index contributed by atoms with van der Waals surface area (Å²) < 4.78 is 0. The predicted octanol–water partition coefficient (Wildman–Crippen LogP) is 2.10. The second kappa shape index (κ2) is 6.16. The molecule has 0 amide bonds. The number of aromatic hydroxyl groups is 2. The number of benzene rings is 3. The Morgan fingerprint density at radius 3 is 2.09 bits per heavy atom. The zero-order valence-electron chi connectivity index (χ0n) is 12.2. The van der Waals surface area contributed by atoms with Crippen LogP contribution in [0.3, 0.4) is 0 Å². The number of hydrogen-bond donors (Lipinski definition) is 4. The van der Waals surface area contributed by atoms with Gasteiger partial charge >= 0.3 is 7.12 Å². The lowest BCUT2D eigenvalue weighted by molar-refractivity contribution is 0.425. The summed E-state index contributed by atoms with van der Waals surface area (Å²) in [5.41, 5.74) is 2.29. The summed E-state index contributed by atoms with van der Waals surface area (Å²) in [6.07, 6.45) is 3.81. The number of fused-ring (bicyclic) bond motifs is 1. The van der Waals surface area contributed by atoms with Gasteiger partial charge in [-0.05, 0) is 34.1 Å². The molecule has 0 saturated carbocycles. The summed E-state index contributed by atoms with van der Waals surface area (Å²) in [6.45, 7) is 0. The monoisotopic (exact) mass is 306 g/mol. The molecule has 0 unspecified atom stereocenters. The van der Waals surface area contributed by atoms with Gasteiger partial charge in [0.1, 0.15) is 11.5 Å². The molecule has 4 N–H and O–H groups in total. The van der Waals surface area contributed by atoms with Crippen LogP contribution in [0.25, 0.3) is 22.9 Å². The summed E-state index contributed by atoms with van der Waals surface area (Å²) in [7, 11) is -1.46. The molecule has 0 atom stereocenters. The molecule has 0 aliphatic rings. The zero-order valence-corrected chi connectivity index (χ0v) is 12.2. The molecule has 3 aromatic carbocycles. The van der Waals surface area contributed by atoms with E-state index in [9.17, 15) is 10.2 Å². The highest BCUT2D eigenvalue weighted by molar-refractivity contribution is 6.58. The van der Waals surface area contributed by atoms with E-state index >= 15 is 0 Å². The maximum absolute atomic E-state index is 9.80. The van der Waals surface area contributed by atoms with Gasteiger partial charge in [0.25, 0.3) is 0 Å². The first-order valence-corrected chi connectivity index (χ1v) is 7.13. The van der Waals surface area contributed by atoms with Crippen molar-refractivity contribution in [2.45, 2.75) is 0 Å². The van der Waals surface area contributed by atoms with E-state index in [2.05, 4.69) is 0 Å². The number of phenolic OH excluding ortho intramolecular Hbond substituents is 2. The summed E-state index contributed by atoms with van der Waals surface area (Å²) in [4.78, 5) is 0. The van der Waals surface area contributed by atoms with Gasteiger partial charge in [0.05, 0.1) is 0 Å². The quantitative estimate of drug-likeness (QED) is 0.441. The van der Waals surface area contributed by atoms with Crippen LogP contribution in [0.5, 0.6) is 11.5 Å². The average molecular weight is 306 g/mol. The van der Waals surface area contributed by atoms with Crippen molar-refractivity contribution >= 4 is 35.5 Å². The van der Waals surface area contributed by atoms with Crippen LogP contribution in [0.1, 0.15) is 11.1 Å². The molecule has 5 heteroatoms. The van der Waals surface area contributed by atoms with Crippen LogP contribution in [0.2, 0.25) is 0 Å². The molecule has 0 aliphatic heterocycles. The normalized spacial score (nSPS) is 11.2. The van der Waals surface area contributed by atoms with Gasteiger partial charge in [-0.25, -0.2) is 0 Å². The summed E-state index contributed by atoms with van der Waals surface area (Å²) >= 11 is 0. The van der Waals surface area contributed by atoms with Crippen LogP contribution < -0.4 is 5.46 Å². The highest BCUT2D eigenvalue weighted by Crippen LogP contribution is 2.30. The van der Waals surface area contributed by atoms with Crippen LogP contribution >= 0.6 is 0 Å². The van der Waals surface area contributed by atoms with E-state index in [0.717, 1.165) is 16.5 Å². The van der Waals surface area contributed by atoms with Crippen molar-refractivity contribution < 1.29 is 20.3 Å². The molecule has 0 aromatic heterocycles. The Balaban J connectivity index is 1.88. The minimum Gasteiger partial charge on any atom is -0.508 e. The third-order valence-electron chi connectivity index (χ3n) is 3.64. The number of phenols is 2. The number of rotatable bonds is 3. The zero-order chi connectivity index (χ0) is 16.4. The van der Waals surface area contributed by atoms with Crippen LogP contribution in [0.4, 0.5) is 0 Å². The second-order valence-corrected chi connectivity index (χ2v) is 5.32. The Bertz CT molecular complexity index is 870. The second-order valence-electron chi connectivity index (χ2n) is 5.32. The van der Waals surface area contributed by atoms with Gasteiger partial charge < -0.3 is 20.3 Å². The molecule has 0 saturated heterocycles. The van der Waals surface area contributed by atoms with Gasteiger partial charge in [-0.3, -0.25) is 0 Å². The fourth-order valence-corrected chi connectivity index (χ4v) is 2.43. The van der Waals surface area contributed by atoms with Gasteiger partial charge in [0.15, 0.2) is 0 Å². The number of hydrogen-bond acceptors (Lipinski definition) is 4. The van der Waals surface area contributed by atoms with Crippen molar-refractivity contribution in [3.05, 3.63) is 65.7 Å². The lowest BCUT2D eigenvalue weighted by Crippen LogP contribution is -2.29. The molecule has 0 radical (unpaired) electrons. The fraction of sp³-hybridized carbons (Fsp3) is 0. The first kappa shape index (κ1) is 15.2. The molecule has 0 heterocycles. The maximum atomic E-state index is 9.80. The van der Waals surface area contributed by atoms with Crippen molar-refractivity contribution in [3.63, 3.8) is 0 Å².